The van der Waals surface area contributed by atoms with Crippen molar-refractivity contribution in [3.63, 3.8) is 0 Å². The minimum absolute atomic E-state index is 0.124. The highest BCUT2D eigenvalue weighted by atomic mass is 19.1. The standard InChI is InChI=1S/C15H12FN5O/c1-8-2-3-18-5-10(8)14-13(16)9-4-12(20-7-22)19-6-11(9)15(17)21-14/h2-7H,1H3,(H2,17,21)(H,19,20,22). The number of hydrogen-bond acceptors (Lipinski definition) is 5. The van der Waals surface area contributed by atoms with Gasteiger partial charge in [0.15, 0.2) is 5.82 Å². The number of halogens is 1. The fourth-order valence-electron chi connectivity index (χ4n) is 2.23. The van der Waals surface area contributed by atoms with E-state index in [0.29, 0.717) is 17.4 Å². The van der Waals surface area contributed by atoms with Crippen LogP contribution >= 0.6 is 0 Å². The second-order valence-electron chi connectivity index (χ2n) is 4.73. The quantitative estimate of drug-likeness (QED) is 0.723. The van der Waals surface area contributed by atoms with Gasteiger partial charge in [-0.15, -0.1) is 0 Å². The number of rotatable bonds is 3. The number of pyridine rings is 3. The molecule has 1 amide bonds. The first-order chi connectivity index (χ1) is 10.6. The van der Waals surface area contributed by atoms with Gasteiger partial charge in [0.2, 0.25) is 6.41 Å². The van der Waals surface area contributed by atoms with E-state index >= 15 is 0 Å². The normalized spacial score (nSPS) is 10.6. The van der Waals surface area contributed by atoms with E-state index in [1.165, 1.54) is 18.5 Å². The molecule has 0 spiro atoms. The Labute approximate surface area is 125 Å². The molecule has 110 valence electrons. The molecule has 3 N–H and O–H groups in total. The second-order valence-corrected chi connectivity index (χ2v) is 4.73. The van der Waals surface area contributed by atoms with Gasteiger partial charge in [0.05, 0.1) is 0 Å². The molecule has 0 atom stereocenters. The molecule has 0 unspecified atom stereocenters. The number of nitrogen functional groups attached to an aromatic ring is 1. The molecule has 0 fully saturated rings. The van der Waals surface area contributed by atoms with E-state index in [9.17, 15) is 9.18 Å². The molecule has 3 heterocycles. The summed E-state index contributed by atoms with van der Waals surface area (Å²) in [7, 11) is 0. The SMILES string of the molecule is Cc1ccncc1-c1nc(N)c2cnc(NC=O)cc2c1F. The van der Waals surface area contributed by atoms with Crippen LogP contribution in [0.15, 0.2) is 30.7 Å². The van der Waals surface area contributed by atoms with E-state index in [2.05, 4.69) is 20.3 Å². The lowest BCUT2D eigenvalue weighted by Crippen LogP contribution is -2.02. The maximum Gasteiger partial charge on any atom is 0.212 e. The highest BCUT2D eigenvalue weighted by molar-refractivity contribution is 5.95. The van der Waals surface area contributed by atoms with E-state index < -0.39 is 5.82 Å². The number of fused-ring (bicyclic) bond motifs is 1. The highest BCUT2D eigenvalue weighted by Crippen LogP contribution is 2.32. The van der Waals surface area contributed by atoms with Gasteiger partial charge in [-0.3, -0.25) is 9.78 Å². The maximum absolute atomic E-state index is 14.8. The molecule has 0 aliphatic heterocycles. The Hall–Kier alpha value is -3.09. The molecule has 7 heteroatoms. The van der Waals surface area contributed by atoms with Crippen LogP contribution in [0, 0.1) is 12.7 Å². The number of hydrogen-bond donors (Lipinski definition) is 2. The summed E-state index contributed by atoms with van der Waals surface area (Å²) in [5, 5.41) is 3.01. The van der Waals surface area contributed by atoms with Crippen LogP contribution in [0.1, 0.15) is 5.56 Å². The Morgan fingerprint density at radius 1 is 1.32 bits per heavy atom. The first-order valence-corrected chi connectivity index (χ1v) is 6.47. The van der Waals surface area contributed by atoms with Crippen LogP contribution in [-0.4, -0.2) is 21.4 Å². The number of nitrogens with one attached hydrogen (secondary N) is 1. The molecular weight excluding hydrogens is 285 g/mol. The Balaban J connectivity index is 2.31. The van der Waals surface area contributed by atoms with Crippen LogP contribution in [-0.2, 0) is 4.79 Å². The van der Waals surface area contributed by atoms with Crippen LogP contribution in [0.3, 0.4) is 0 Å². The molecule has 3 aromatic rings. The van der Waals surface area contributed by atoms with Gasteiger partial charge in [-0.2, -0.15) is 0 Å². The van der Waals surface area contributed by atoms with Gasteiger partial charge in [-0.05, 0) is 24.6 Å². The van der Waals surface area contributed by atoms with Crippen LogP contribution in [0.2, 0.25) is 0 Å². The van der Waals surface area contributed by atoms with Gasteiger partial charge >= 0.3 is 0 Å². The number of aromatic nitrogens is 3. The monoisotopic (exact) mass is 297 g/mol. The predicted molar refractivity (Wildman–Crippen MR) is 81.6 cm³/mol. The smallest absolute Gasteiger partial charge is 0.212 e. The van der Waals surface area contributed by atoms with E-state index in [-0.39, 0.29) is 22.7 Å². The number of carbonyl (C=O) groups excluding carboxylic acids is 1. The molecule has 0 aliphatic carbocycles. The Bertz CT molecular complexity index is 881. The van der Waals surface area contributed by atoms with Crippen molar-refractivity contribution in [2.75, 3.05) is 11.1 Å². The number of amides is 1. The van der Waals surface area contributed by atoms with Gasteiger partial charge in [0.1, 0.15) is 17.3 Å². The van der Waals surface area contributed by atoms with Crippen molar-refractivity contribution in [2.45, 2.75) is 6.92 Å². The zero-order chi connectivity index (χ0) is 15.7. The van der Waals surface area contributed by atoms with Crippen molar-refractivity contribution >= 4 is 28.8 Å². The van der Waals surface area contributed by atoms with E-state index in [4.69, 9.17) is 5.73 Å². The molecule has 3 aromatic heterocycles. The molecule has 22 heavy (non-hydrogen) atoms. The zero-order valence-electron chi connectivity index (χ0n) is 11.7. The third kappa shape index (κ3) is 2.22. The topological polar surface area (TPSA) is 93.8 Å². The largest absolute Gasteiger partial charge is 0.383 e. The molecular formula is C15H12FN5O. The summed E-state index contributed by atoms with van der Waals surface area (Å²) in [6.45, 7) is 1.84. The first kappa shape index (κ1) is 13.9. The zero-order valence-corrected chi connectivity index (χ0v) is 11.7. The number of nitrogens with zero attached hydrogens (tertiary/aromatic N) is 3. The molecule has 0 saturated heterocycles. The van der Waals surface area contributed by atoms with Crippen LogP contribution in [0.4, 0.5) is 16.0 Å². The first-order valence-electron chi connectivity index (χ1n) is 6.47. The summed E-state index contributed by atoms with van der Waals surface area (Å²) in [5.74, 6) is -0.127. The molecule has 6 nitrogen and oxygen atoms in total. The van der Waals surface area contributed by atoms with Crippen LogP contribution in [0.5, 0.6) is 0 Å². The molecule has 3 rings (SSSR count). The summed E-state index contributed by atoms with van der Waals surface area (Å²) < 4.78 is 14.8. The number of carbonyl (C=O) groups is 1. The van der Waals surface area contributed by atoms with E-state index in [1.54, 1.807) is 12.3 Å². The third-order valence-electron chi connectivity index (χ3n) is 3.36. The van der Waals surface area contributed by atoms with Gasteiger partial charge in [-0.25, -0.2) is 14.4 Å². The Morgan fingerprint density at radius 3 is 2.86 bits per heavy atom. The predicted octanol–water partition coefficient (Wildman–Crippen LogP) is 2.29. The average Bonchev–Trinajstić information content (AvgIpc) is 2.52. The lowest BCUT2D eigenvalue weighted by molar-refractivity contribution is -0.105. The van der Waals surface area contributed by atoms with Crippen molar-refractivity contribution in [2.24, 2.45) is 0 Å². The Morgan fingerprint density at radius 2 is 2.14 bits per heavy atom. The van der Waals surface area contributed by atoms with Crippen molar-refractivity contribution in [1.29, 1.82) is 0 Å². The average molecular weight is 297 g/mol. The molecule has 0 bridgehead atoms. The minimum atomic E-state index is -0.531. The third-order valence-corrected chi connectivity index (χ3v) is 3.36. The molecule has 0 aliphatic rings. The minimum Gasteiger partial charge on any atom is -0.383 e. The fraction of sp³-hybridized carbons (Fsp3) is 0.0667. The van der Waals surface area contributed by atoms with Gasteiger partial charge < -0.3 is 11.1 Å². The van der Waals surface area contributed by atoms with E-state index in [0.717, 1.165) is 5.56 Å². The highest BCUT2D eigenvalue weighted by Gasteiger charge is 2.16. The number of nitrogens with two attached hydrogens (primary N) is 1. The van der Waals surface area contributed by atoms with Gasteiger partial charge in [-0.1, -0.05) is 0 Å². The molecule has 0 aromatic carbocycles. The molecule has 0 saturated carbocycles. The summed E-state index contributed by atoms with van der Waals surface area (Å²) >= 11 is 0. The van der Waals surface area contributed by atoms with Gasteiger partial charge in [0, 0.05) is 34.9 Å². The lowest BCUT2D eigenvalue weighted by atomic mass is 10.0. The summed E-state index contributed by atoms with van der Waals surface area (Å²) in [6.07, 6.45) is 5.02. The van der Waals surface area contributed by atoms with Crippen molar-refractivity contribution in [3.05, 3.63) is 42.1 Å². The van der Waals surface area contributed by atoms with Crippen molar-refractivity contribution < 1.29 is 9.18 Å². The number of anilines is 2. The van der Waals surface area contributed by atoms with Crippen molar-refractivity contribution in [3.8, 4) is 11.3 Å². The van der Waals surface area contributed by atoms with Gasteiger partial charge in [0.25, 0.3) is 0 Å². The summed E-state index contributed by atoms with van der Waals surface area (Å²) in [5.41, 5.74) is 7.43. The van der Waals surface area contributed by atoms with E-state index in [1.807, 2.05) is 6.92 Å². The fourth-order valence-corrected chi connectivity index (χ4v) is 2.23. The van der Waals surface area contributed by atoms with Crippen LogP contribution in [0.25, 0.3) is 22.0 Å². The molecule has 0 radical (unpaired) electrons. The summed E-state index contributed by atoms with van der Waals surface area (Å²) in [4.78, 5) is 22.6. The van der Waals surface area contributed by atoms with Crippen molar-refractivity contribution in [1.82, 2.24) is 15.0 Å². The Kier molecular flexibility index (Phi) is 3.38. The number of aryl methyl sites for hydroxylation is 1. The lowest BCUT2D eigenvalue weighted by Gasteiger charge is -2.11. The second kappa shape index (κ2) is 5.36. The maximum atomic E-state index is 14.8. The van der Waals surface area contributed by atoms with Crippen LogP contribution < -0.4 is 11.1 Å². The summed E-state index contributed by atoms with van der Waals surface area (Å²) in [6, 6.07) is 3.19.